The maximum Gasteiger partial charge on any atom is 0.0334 e. The van der Waals surface area contributed by atoms with Gasteiger partial charge in [0.2, 0.25) is 0 Å². The van der Waals surface area contributed by atoms with E-state index in [-0.39, 0.29) is 5.54 Å². The van der Waals surface area contributed by atoms with Gasteiger partial charge in [-0.05, 0) is 31.6 Å². The Morgan fingerprint density at radius 3 is 2.28 bits per heavy atom. The Morgan fingerprint density at radius 1 is 1.00 bits per heavy atom. The molecule has 0 aromatic carbocycles. The van der Waals surface area contributed by atoms with E-state index in [9.17, 15) is 0 Å². The van der Waals surface area contributed by atoms with Crippen LogP contribution in [0.3, 0.4) is 0 Å². The number of hydrogen-bond donors (Lipinski definition) is 2. The molecule has 0 aromatic heterocycles. The monoisotopic (exact) mass is 252 g/mol. The molecule has 2 rings (SSSR count). The van der Waals surface area contributed by atoms with Crippen molar-refractivity contribution in [2.45, 2.75) is 89.1 Å². The summed E-state index contributed by atoms with van der Waals surface area (Å²) in [5, 5.41) is 4.04. The molecule has 0 heterocycles. The molecule has 2 nitrogen and oxygen atoms in total. The molecule has 106 valence electrons. The van der Waals surface area contributed by atoms with Gasteiger partial charge >= 0.3 is 0 Å². The van der Waals surface area contributed by atoms with E-state index in [2.05, 4.69) is 12.2 Å². The summed E-state index contributed by atoms with van der Waals surface area (Å²) in [4.78, 5) is 0. The van der Waals surface area contributed by atoms with Crippen LogP contribution in [-0.2, 0) is 0 Å². The van der Waals surface area contributed by atoms with E-state index in [4.69, 9.17) is 5.73 Å². The first-order chi connectivity index (χ1) is 8.80. The molecule has 2 aliphatic carbocycles. The zero-order valence-corrected chi connectivity index (χ0v) is 12.2. The zero-order chi connectivity index (χ0) is 12.8. The number of rotatable bonds is 4. The van der Waals surface area contributed by atoms with Crippen LogP contribution in [0.5, 0.6) is 0 Å². The van der Waals surface area contributed by atoms with Gasteiger partial charge in [-0.25, -0.2) is 0 Å². The third-order valence-corrected chi connectivity index (χ3v) is 5.41. The second-order valence-corrected chi connectivity index (χ2v) is 6.54. The standard InChI is InChI=1S/C16H32N2/c1-2-14-9-7-8-12-16(14,13-17)18-15-10-5-3-4-6-11-15/h14-15,18H,2-13,17H2,1H3. The second-order valence-electron chi connectivity index (χ2n) is 6.54. The normalized spacial score (nSPS) is 35.3. The lowest BCUT2D eigenvalue weighted by Gasteiger charge is -2.46. The molecule has 0 bridgehead atoms. The summed E-state index contributed by atoms with van der Waals surface area (Å²) in [6.07, 6.45) is 15.2. The molecule has 0 spiro atoms. The molecule has 18 heavy (non-hydrogen) atoms. The van der Waals surface area contributed by atoms with E-state index >= 15 is 0 Å². The van der Waals surface area contributed by atoms with Gasteiger partial charge in [-0.15, -0.1) is 0 Å². The number of hydrogen-bond acceptors (Lipinski definition) is 2. The largest absolute Gasteiger partial charge is 0.329 e. The van der Waals surface area contributed by atoms with E-state index < -0.39 is 0 Å². The summed E-state index contributed by atoms with van der Waals surface area (Å²) in [6.45, 7) is 3.18. The van der Waals surface area contributed by atoms with Crippen LogP contribution in [0.2, 0.25) is 0 Å². The summed E-state index contributed by atoms with van der Waals surface area (Å²) < 4.78 is 0. The number of nitrogens with one attached hydrogen (secondary N) is 1. The third kappa shape index (κ3) is 3.27. The van der Waals surface area contributed by atoms with Crippen molar-refractivity contribution >= 4 is 0 Å². The molecule has 0 amide bonds. The molecule has 2 atom stereocenters. The molecule has 2 unspecified atom stereocenters. The molecule has 0 saturated heterocycles. The first-order valence-electron chi connectivity index (χ1n) is 8.28. The first-order valence-corrected chi connectivity index (χ1v) is 8.28. The highest BCUT2D eigenvalue weighted by molar-refractivity contribution is 4.99. The number of nitrogens with two attached hydrogens (primary N) is 1. The maximum absolute atomic E-state index is 6.20. The van der Waals surface area contributed by atoms with Crippen LogP contribution in [0.15, 0.2) is 0 Å². The van der Waals surface area contributed by atoms with Gasteiger partial charge in [-0.3, -0.25) is 0 Å². The highest BCUT2D eigenvalue weighted by Crippen LogP contribution is 2.36. The lowest BCUT2D eigenvalue weighted by molar-refractivity contribution is 0.123. The SMILES string of the molecule is CCC1CCCCC1(CN)NC1CCCCCC1. The molecule has 3 N–H and O–H groups in total. The summed E-state index contributed by atoms with van der Waals surface area (Å²) in [5.74, 6) is 0.805. The van der Waals surface area contributed by atoms with Gasteiger partial charge < -0.3 is 11.1 Å². The molecule has 2 heteroatoms. The zero-order valence-electron chi connectivity index (χ0n) is 12.2. The Bertz CT molecular complexity index is 233. The van der Waals surface area contributed by atoms with E-state index in [1.165, 1.54) is 70.6 Å². The smallest absolute Gasteiger partial charge is 0.0334 e. The molecule has 0 aliphatic heterocycles. The quantitative estimate of drug-likeness (QED) is 0.750. The minimum absolute atomic E-state index is 0.266. The fraction of sp³-hybridized carbons (Fsp3) is 1.00. The van der Waals surface area contributed by atoms with Gasteiger partial charge in [0.25, 0.3) is 0 Å². The maximum atomic E-state index is 6.20. The second kappa shape index (κ2) is 6.91. The van der Waals surface area contributed by atoms with Crippen molar-refractivity contribution in [3.05, 3.63) is 0 Å². The Balaban J connectivity index is 2.00. The summed E-state index contributed by atoms with van der Waals surface area (Å²) in [7, 11) is 0. The molecule has 0 radical (unpaired) electrons. The van der Waals surface area contributed by atoms with Crippen LogP contribution in [0.4, 0.5) is 0 Å². The minimum Gasteiger partial charge on any atom is -0.329 e. The lowest BCUT2D eigenvalue weighted by Crippen LogP contribution is -2.60. The highest BCUT2D eigenvalue weighted by Gasteiger charge is 2.39. The van der Waals surface area contributed by atoms with Crippen LogP contribution >= 0.6 is 0 Å². The van der Waals surface area contributed by atoms with Crippen molar-refractivity contribution in [3.8, 4) is 0 Å². The van der Waals surface area contributed by atoms with Crippen LogP contribution in [0, 0.1) is 5.92 Å². The van der Waals surface area contributed by atoms with Crippen LogP contribution in [0.1, 0.15) is 77.6 Å². The van der Waals surface area contributed by atoms with Crippen molar-refractivity contribution in [2.24, 2.45) is 11.7 Å². The van der Waals surface area contributed by atoms with Gasteiger partial charge in [0.1, 0.15) is 0 Å². The first kappa shape index (κ1) is 14.3. The molecular formula is C16H32N2. The van der Waals surface area contributed by atoms with E-state index in [1.54, 1.807) is 0 Å². The van der Waals surface area contributed by atoms with Crippen molar-refractivity contribution in [1.82, 2.24) is 5.32 Å². The predicted molar refractivity (Wildman–Crippen MR) is 78.7 cm³/mol. The minimum atomic E-state index is 0.266. The Morgan fingerprint density at radius 2 is 1.67 bits per heavy atom. The average Bonchev–Trinajstić information content (AvgIpc) is 2.67. The van der Waals surface area contributed by atoms with Gasteiger partial charge in [-0.1, -0.05) is 51.9 Å². The fourth-order valence-corrected chi connectivity index (χ4v) is 4.25. The van der Waals surface area contributed by atoms with Crippen LogP contribution < -0.4 is 11.1 Å². The Hall–Kier alpha value is -0.0800. The molecule has 2 saturated carbocycles. The van der Waals surface area contributed by atoms with Crippen LogP contribution in [-0.4, -0.2) is 18.1 Å². The Kier molecular flexibility index (Phi) is 5.50. The van der Waals surface area contributed by atoms with Gasteiger partial charge in [0, 0.05) is 18.1 Å². The van der Waals surface area contributed by atoms with Crippen LogP contribution in [0.25, 0.3) is 0 Å². The van der Waals surface area contributed by atoms with Crippen molar-refractivity contribution < 1.29 is 0 Å². The molecule has 0 aromatic rings. The molecular weight excluding hydrogens is 220 g/mol. The van der Waals surface area contributed by atoms with Crippen molar-refractivity contribution in [2.75, 3.05) is 6.54 Å². The van der Waals surface area contributed by atoms with Gasteiger partial charge in [0.05, 0.1) is 0 Å². The topological polar surface area (TPSA) is 38.0 Å². The van der Waals surface area contributed by atoms with Gasteiger partial charge in [0.15, 0.2) is 0 Å². The van der Waals surface area contributed by atoms with E-state index in [0.717, 1.165) is 18.5 Å². The van der Waals surface area contributed by atoms with E-state index in [1.807, 2.05) is 0 Å². The summed E-state index contributed by atoms with van der Waals surface area (Å²) >= 11 is 0. The summed E-state index contributed by atoms with van der Waals surface area (Å²) in [5.41, 5.74) is 6.46. The fourth-order valence-electron chi connectivity index (χ4n) is 4.25. The van der Waals surface area contributed by atoms with E-state index in [0.29, 0.717) is 0 Å². The Labute approximate surface area is 113 Å². The highest BCUT2D eigenvalue weighted by atomic mass is 15.0. The average molecular weight is 252 g/mol. The third-order valence-electron chi connectivity index (χ3n) is 5.41. The lowest BCUT2D eigenvalue weighted by atomic mass is 9.71. The van der Waals surface area contributed by atoms with Crippen molar-refractivity contribution in [3.63, 3.8) is 0 Å². The molecule has 2 fully saturated rings. The van der Waals surface area contributed by atoms with Gasteiger partial charge in [-0.2, -0.15) is 0 Å². The predicted octanol–water partition coefficient (Wildman–Crippen LogP) is 3.60. The summed E-state index contributed by atoms with van der Waals surface area (Å²) in [6, 6.07) is 0.739. The van der Waals surface area contributed by atoms with Crippen molar-refractivity contribution in [1.29, 1.82) is 0 Å². The molecule has 2 aliphatic rings.